The minimum absolute atomic E-state index is 0.0762. The molecule has 0 spiro atoms. The zero-order valence-corrected chi connectivity index (χ0v) is 24.1. The molecule has 12 heteroatoms. The number of anilines is 1. The minimum Gasteiger partial charge on any atom is -0.354 e. The van der Waals surface area contributed by atoms with Gasteiger partial charge >= 0.3 is 6.18 Å². The maximum Gasteiger partial charge on any atom is 0.416 e. The molecule has 3 aromatic carbocycles. The molecule has 0 aliphatic carbocycles. The molecule has 0 saturated carbocycles. The number of halogens is 4. The van der Waals surface area contributed by atoms with Crippen LogP contribution in [0.15, 0.2) is 78.9 Å². The summed E-state index contributed by atoms with van der Waals surface area (Å²) in [6, 6.07) is 18.3. The molecule has 0 heterocycles. The normalized spacial score (nSPS) is 12.4. The van der Waals surface area contributed by atoms with Crippen molar-refractivity contribution in [1.29, 1.82) is 0 Å². The highest BCUT2D eigenvalue weighted by Crippen LogP contribution is 2.32. The van der Waals surface area contributed by atoms with Crippen LogP contribution in [0.4, 0.5) is 18.9 Å². The van der Waals surface area contributed by atoms with Crippen LogP contribution in [-0.4, -0.2) is 50.5 Å². The van der Waals surface area contributed by atoms with Crippen LogP contribution in [0.3, 0.4) is 0 Å². The summed E-state index contributed by atoms with van der Waals surface area (Å²) < 4.78 is 66.3. The molecular formula is C29H31ClF3N3O4S. The van der Waals surface area contributed by atoms with Crippen molar-refractivity contribution in [3.63, 3.8) is 0 Å². The number of rotatable bonds is 12. The first-order valence-electron chi connectivity index (χ1n) is 12.8. The summed E-state index contributed by atoms with van der Waals surface area (Å²) >= 11 is 6.02. The van der Waals surface area contributed by atoms with E-state index >= 15 is 0 Å². The van der Waals surface area contributed by atoms with Crippen molar-refractivity contribution in [2.75, 3.05) is 23.7 Å². The summed E-state index contributed by atoms with van der Waals surface area (Å²) in [4.78, 5) is 28.6. The van der Waals surface area contributed by atoms with E-state index in [0.29, 0.717) is 33.9 Å². The molecule has 41 heavy (non-hydrogen) atoms. The molecule has 7 nitrogen and oxygen atoms in total. The third-order valence-corrected chi connectivity index (χ3v) is 7.62. The maximum absolute atomic E-state index is 13.9. The number of carbonyl (C=O) groups excluding carboxylic acids is 2. The lowest BCUT2D eigenvalue weighted by atomic mass is 10.0. The minimum atomic E-state index is -4.72. The molecule has 0 aliphatic rings. The monoisotopic (exact) mass is 609 g/mol. The Labute approximate surface area is 243 Å². The van der Waals surface area contributed by atoms with Gasteiger partial charge in [-0.3, -0.25) is 13.9 Å². The highest BCUT2D eigenvalue weighted by molar-refractivity contribution is 7.92. The van der Waals surface area contributed by atoms with E-state index in [4.69, 9.17) is 11.6 Å². The highest BCUT2D eigenvalue weighted by atomic mass is 35.5. The van der Waals surface area contributed by atoms with Crippen LogP contribution in [0, 0.1) is 0 Å². The average molecular weight is 610 g/mol. The topological polar surface area (TPSA) is 86.8 Å². The molecule has 0 fully saturated rings. The third-order valence-electron chi connectivity index (χ3n) is 6.23. The van der Waals surface area contributed by atoms with E-state index in [1.807, 2.05) is 13.0 Å². The van der Waals surface area contributed by atoms with Crippen LogP contribution in [0.2, 0.25) is 5.02 Å². The fraction of sp³-hybridized carbons (Fsp3) is 0.310. The highest BCUT2D eigenvalue weighted by Gasteiger charge is 2.35. The summed E-state index contributed by atoms with van der Waals surface area (Å²) in [5.74, 6) is -1.21. The van der Waals surface area contributed by atoms with Crippen LogP contribution in [0.5, 0.6) is 0 Å². The molecule has 1 N–H and O–H groups in total. The predicted octanol–water partition coefficient (Wildman–Crippen LogP) is 5.29. The van der Waals surface area contributed by atoms with Crippen LogP contribution in [0.1, 0.15) is 30.0 Å². The Balaban J connectivity index is 2.06. The second kappa shape index (κ2) is 13.9. The van der Waals surface area contributed by atoms with Gasteiger partial charge in [-0.25, -0.2) is 8.42 Å². The smallest absolute Gasteiger partial charge is 0.354 e. The van der Waals surface area contributed by atoms with E-state index in [2.05, 4.69) is 5.32 Å². The molecule has 1 unspecified atom stereocenters. The number of sulfonamides is 1. The van der Waals surface area contributed by atoms with Crippen molar-refractivity contribution in [2.45, 2.75) is 38.5 Å². The molecular weight excluding hydrogens is 579 g/mol. The van der Waals surface area contributed by atoms with Crippen molar-refractivity contribution in [1.82, 2.24) is 10.2 Å². The number of carbonyl (C=O) groups is 2. The van der Waals surface area contributed by atoms with Gasteiger partial charge in [0.25, 0.3) is 0 Å². The maximum atomic E-state index is 13.9. The van der Waals surface area contributed by atoms with Gasteiger partial charge < -0.3 is 10.2 Å². The van der Waals surface area contributed by atoms with E-state index in [1.165, 1.54) is 11.0 Å². The van der Waals surface area contributed by atoms with Gasteiger partial charge in [0.05, 0.1) is 17.5 Å². The first-order valence-corrected chi connectivity index (χ1v) is 15.0. The summed E-state index contributed by atoms with van der Waals surface area (Å²) in [7, 11) is -4.21. The number of hydrogen-bond donors (Lipinski definition) is 1. The molecule has 220 valence electrons. The number of nitrogens with zero attached hydrogens (tertiary/aromatic N) is 2. The SMILES string of the molecule is CCCNC(=O)C(Cc1ccccc1)N(Cc1ccc(Cl)cc1)C(=O)CN(c1cccc(C(F)(F)F)c1)S(C)(=O)=O. The Morgan fingerprint density at radius 2 is 1.61 bits per heavy atom. The van der Waals surface area contributed by atoms with Crippen LogP contribution >= 0.6 is 11.6 Å². The van der Waals surface area contributed by atoms with E-state index < -0.39 is 46.2 Å². The molecule has 0 aliphatic heterocycles. The van der Waals surface area contributed by atoms with Crippen molar-refractivity contribution < 1.29 is 31.2 Å². The quantitative estimate of drug-likeness (QED) is 0.302. The fourth-order valence-corrected chi connectivity index (χ4v) is 5.13. The molecule has 0 aromatic heterocycles. The molecule has 0 saturated heterocycles. The van der Waals surface area contributed by atoms with Gasteiger partial charge in [0.2, 0.25) is 21.8 Å². The Morgan fingerprint density at radius 3 is 2.20 bits per heavy atom. The van der Waals surface area contributed by atoms with E-state index in [0.717, 1.165) is 24.0 Å². The standard InChI is InChI=1S/C29H31ClF3N3O4S/c1-3-16-34-28(38)26(17-21-8-5-4-6-9-21)35(19-22-12-14-24(30)15-13-22)27(37)20-36(41(2,39)40)25-11-7-10-23(18-25)29(31,32)33/h4-15,18,26H,3,16-17,19-20H2,1-2H3,(H,34,38). The average Bonchev–Trinajstić information content (AvgIpc) is 2.92. The van der Waals surface area contributed by atoms with E-state index in [1.54, 1.807) is 48.5 Å². The number of benzene rings is 3. The van der Waals surface area contributed by atoms with Crippen LogP contribution < -0.4 is 9.62 Å². The van der Waals surface area contributed by atoms with Crippen molar-refractivity contribution >= 4 is 39.1 Å². The lowest BCUT2D eigenvalue weighted by Gasteiger charge is -2.33. The summed E-state index contributed by atoms with van der Waals surface area (Å²) in [5.41, 5.74) is -0.00263. The molecule has 3 rings (SSSR count). The zero-order valence-electron chi connectivity index (χ0n) is 22.6. The van der Waals surface area contributed by atoms with Gasteiger partial charge in [-0.15, -0.1) is 0 Å². The number of nitrogens with one attached hydrogen (secondary N) is 1. The van der Waals surface area contributed by atoms with Gasteiger partial charge in [-0.1, -0.05) is 67.1 Å². The Kier molecular flexibility index (Phi) is 10.8. The van der Waals surface area contributed by atoms with Crippen molar-refractivity contribution in [3.8, 4) is 0 Å². The van der Waals surface area contributed by atoms with Crippen LogP contribution in [-0.2, 0) is 38.8 Å². The first-order chi connectivity index (χ1) is 19.3. The summed E-state index contributed by atoms with van der Waals surface area (Å²) in [6.07, 6.45) is -3.15. The fourth-order valence-electron chi connectivity index (χ4n) is 4.16. The second-order valence-electron chi connectivity index (χ2n) is 9.46. The lowest BCUT2D eigenvalue weighted by molar-refractivity contribution is -0.140. The Bertz CT molecular complexity index is 1440. The molecule has 0 radical (unpaired) electrons. The Morgan fingerprint density at radius 1 is 0.951 bits per heavy atom. The number of alkyl halides is 3. The lowest BCUT2D eigenvalue weighted by Crippen LogP contribution is -2.53. The largest absolute Gasteiger partial charge is 0.416 e. The van der Waals surface area contributed by atoms with Crippen LogP contribution in [0.25, 0.3) is 0 Å². The zero-order chi connectivity index (χ0) is 30.2. The van der Waals surface area contributed by atoms with Crippen molar-refractivity contribution in [3.05, 3.63) is 101 Å². The predicted molar refractivity (Wildman–Crippen MR) is 153 cm³/mol. The van der Waals surface area contributed by atoms with E-state index in [-0.39, 0.29) is 18.7 Å². The third kappa shape index (κ3) is 9.22. The molecule has 0 bridgehead atoms. The van der Waals surface area contributed by atoms with Gasteiger partial charge in [0.15, 0.2) is 0 Å². The number of hydrogen-bond acceptors (Lipinski definition) is 4. The van der Waals surface area contributed by atoms with Gasteiger partial charge in [0.1, 0.15) is 12.6 Å². The molecule has 3 aromatic rings. The van der Waals surface area contributed by atoms with Gasteiger partial charge in [-0.2, -0.15) is 13.2 Å². The van der Waals surface area contributed by atoms with E-state index in [9.17, 15) is 31.2 Å². The molecule has 1 atom stereocenters. The summed E-state index contributed by atoms with van der Waals surface area (Å²) in [5, 5.41) is 3.27. The summed E-state index contributed by atoms with van der Waals surface area (Å²) in [6.45, 7) is 1.34. The van der Waals surface area contributed by atoms with Gasteiger partial charge in [0, 0.05) is 24.5 Å². The number of amides is 2. The first kappa shape index (κ1) is 32.0. The Hall–Kier alpha value is -3.57. The van der Waals surface area contributed by atoms with Crippen molar-refractivity contribution in [2.24, 2.45) is 0 Å². The molecule has 2 amide bonds. The second-order valence-corrected chi connectivity index (χ2v) is 11.8. The van der Waals surface area contributed by atoms with Gasteiger partial charge in [-0.05, 0) is 47.9 Å².